The Morgan fingerprint density at radius 2 is 2.33 bits per heavy atom. The molecule has 1 aromatic carbocycles. The lowest BCUT2D eigenvalue weighted by atomic mass is 9.93. The van der Waals surface area contributed by atoms with Crippen molar-refractivity contribution in [3.63, 3.8) is 0 Å². The number of amidine groups is 1. The van der Waals surface area contributed by atoms with Gasteiger partial charge in [0.1, 0.15) is 12.1 Å². The van der Waals surface area contributed by atoms with E-state index >= 15 is 0 Å². The molecule has 0 amide bonds. The third-order valence-electron chi connectivity index (χ3n) is 3.36. The van der Waals surface area contributed by atoms with Crippen LogP contribution in [0, 0.1) is 6.92 Å². The lowest BCUT2D eigenvalue weighted by molar-refractivity contribution is 0.253. The minimum Gasteiger partial charge on any atom is -0.462 e. The molecule has 3 heteroatoms. The number of nitrogens with zero attached hydrogens (tertiary/aromatic N) is 1. The summed E-state index contributed by atoms with van der Waals surface area (Å²) < 4.78 is 5.32. The molecule has 1 spiro atoms. The van der Waals surface area contributed by atoms with Crippen molar-refractivity contribution in [1.29, 1.82) is 0 Å². The van der Waals surface area contributed by atoms with Gasteiger partial charge >= 0.3 is 0 Å². The molecule has 0 bridgehead atoms. The largest absolute Gasteiger partial charge is 0.462 e. The van der Waals surface area contributed by atoms with Gasteiger partial charge in [0.15, 0.2) is 0 Å². The van der Waals surface area contributed by atoms with Crippen molar-refractivity contribution in [1.82, 2.24) is 0 Å². The highest BCUT2D eigenvalue weighted by Crippen LogP contribution is 2.42. The summed E-state index contributed by atoms with van der Waals surface area (Å²) in [5.74, 6) is 0. The van der Waals surface area contributed by atoms with Crippen molar-refractivity contribution >= 4 is 6.02 Å². The molecule has 0 radical (unpaired) electrons. The van der Waals surface area contributed by atoms with Gasteiger partial charge in [-0.25, -0.2) is 4.99 Å². The number of hydrogen-bond acceptors (Lipinski definition) is 3. The van der Waals surface area contributed by atoms with Gasteiger partial charge in [-0.1, -0.05) is 23.8 Å². The molecule has 2 N–H and O–H groups in total. The molecule has 1 unspecified atom stereocenters. The molecule has 3 nitrogen and oxygen atoms in total. The second kappa shape index (κ2) is 2.75. The highest BCUT2D eigenvalue weighted by atomic mass is 16.5. The lowest BCUT2D eigenvalue weighted by Crippen LogP contribution is -2.21. The molecule has 78 valence electrons. The third kappa shape index (κ3) is 1.16. The first kappa shape index (κ1) is 8.77. The highest BCUT2D eigenvalue weighted by Gasteiger charge is 2.43. The number of rotatable bonds is 0. The maximum absolute atomic E-state index is 5.61. The number of ether oxygens (including phenoxy) is 1. The Labute approximate surface area is 89.0 Å². The maximum atomic E-state index is 5.61. The van der Waals surface area contributed by atoms with Crippen LogP contribution in [-0.4, -0.2) is 12.6 Å². The van der Waals surface area contributed by atoms with E-state index in [1.807, 2.05) is 0 Å². The topological polar surface area (TPSA) is 47.6 Å². The number of nitrogens with two attached hydrogens (primary N) is 1. The summed E-state index contributed by atoms with van der Waals surface area (Å²) in [7, 11) is 0. The molecule has 1 heterocycles. The Morgan fingerprint density at radius 3 is 3.07 bits per heavy atom. The molecule has 1 atom stereocenters. The fraction of sp³-hybridized carbons (Fsp3) is 0.417. The van der Waals surface area contributed by atoms with Crippen LogP contribution in [-0.2, 0) is 16.7 Å². The van der Waals surface area contributed by atoms with Gasteiger partial charge in [0.2, 0.25) is 0 Å². The fourth-order valence-corrected chi connectivity index (χ4v) is 2.55. The summed E-state index contributed by atoms with van der Waals surface area (Å²) in [5.41, 5.74) is 9.41. The molecule has 0 saturated heterocycles. The van der Waals surface area contributed by atoms with Crippen LogP contribution < -0.4 is 5.73 Å². The Bertz CT molecular complexity index is 453. The van der Waals surface area contributed by atoms with Crippen molar-refractivity contribution < 1.29 is 4.74 Å². The van der Waals surface area contributed by atoms with Gasteiger partial charge in [-0.05, 0) is 30.9 Å². The normalized spacial score (nSPS) is 27.7. The predicted octanol–water partition coefficient (Wildman–Crippen LogP) is 1.48. The van der Waals surface area contributed by atoms with Gasteiger partial charge in [-0.2, -0.15) is 0 Å². The molecular weight excluding hydrogens is 188 g/mol. The van der Waals surface area contributed by atoms with Crippen LogP contribution >= 0.6 is 0 Å². The second-order valence-electron chi connectivity index (χ2n) is 4.43. The summed E-state index contributed by atoms with van der Waals surface area (Å²) in [6.07, 6.45) is 2.10. The molecular formula is C12H14N2O. The van der Waals surface area contributed by atoms with E-state index in [0.29, 0.717) is 12.6 Å². The Hall–Kier alpha value is -1.51. The van der Waals surface area contributed by atoms with E-state index in [-0.39, 0.29) is 5.54 Å². The molecule has 0 aromatic heterocycles. The zero-order valence-electron chi connectivity index (χ0n) is 8.79. The first-order valence-corrected chi connectivity index (χ1v) is 5.28. The highest BCUT2D eigenvalue weighted by molar-refractivity contribution is 5.74. The van der Waals surface area contributed by atoms with Gasteiger partial charge in [0.05, 0.1) is 0 Å². The van der Waals surface area contributed by atoms with E-state index in [2.05, 4.69) is 30.1 Å². The number of aryl methyl sites for hydroxylation is 2. The smallest absolute Gasteiger partial charge is 0.283 e. The number of aliphatic imine (C=N–C) groups is 1. The maximum Gasteiger partial charge on any atom is 0.283 e. The van der Waals surface area contributed by atoms with E-state index in [1.54, 1.807) is 0 Å². The minimum atomic E-state index is -0.175. The van der Waals surface area contributed by atoms with E-state index < -0.39 is 0 Å². The van der Waals surface area contributed by atoms with E-state index in [4.69, 9.17) is 10.5 Å². The monoisotopic (exact) mass is 202 g/mol. The van der Waals surface area contributed by atoms with Crippen LogP contribution in [0.4, 0.5) is 0 Å². The zero-order valence-corrected chi connectivity index (χ0v) is 8.79. The van der Waals surface area contributed by atoms with Crippen molar-refractivity contribution in [3.8, 4) is 0 Å². The van der Waals surface area contributed by atoms with Crippen LogP contribution in [0.5, 0.6) is 0 Å². The van der Waals surface area contributed by atoms with Crippen LogP contribution in [0.3, 0.4) is 0 Å². The molecule has 0 saturated carbocycles. The zero-order chi connectivity index (χ0) is 10.5. The average molecular weight is 202 g/mol. The first-order chi connectivity index (χ1) is 7.20. The van der Waals surface area contributed by atoms with Gasteiger partial charge in [0, 0.05) is 0 Å². The summed E-state index contributed by atoms with van der Waals surface area (Å²) >= 11 is 0. The summed E-state index contributed by atoms with van der Waals surface area (Å²) in [6.45, 7) is 2.71. The number of hydrogen-bond donors (Lipinski definition) is 1. The summed E-state index contributed by atoms with van der Waals surface area (Å²) in [4.78, 5) is 4.47. The van der Waals surface area contributed by atoms with Crippen LogP contribution in [0.15, 0.2) is 23.2 Å². The molecule has 0 fully saturated rings. The van der Waals surface area contributed by atoms with Crippen molar-refractivity contribution in [2.24, 2.45) is 10.7 Å². The van der Waals surface area contributed by atoms with Crippen LogP contribution in [0.1, 0.15) is 23.1 Å². The van der Waals surface area contributed by atoms with Gasteiger partial charge < -0.3 is 10.5 Å². The number of benzene rings is 1. The SMILES string of the molecule is Cc1ccc2c(c1)C1(CC2)COC(N)=N1. The Kier molecular flexibility index (Phi) is 1.61. The van der Waals surface area contributed by atoms with Gasteiger partial charge in [-0.15, -0.1) is 0 Å². The Balaban J connectivity index is 2.15. The van der Waals surface area contributed by atoms with Crippen molar-refractivity contribution in [2.75, 3.05) is 6.61 Å². The lowest BCUT2D eigenvalue weighted by Gasteiger charge is -2.18. The predicted molar refractivity (Wildman–Crippen MR) is 58.8 cm³/mol. The number of fused-ring (bicyclic) bond motifs is 2. The van der Waals surface area contributed by atoms with E-state index in [1.165, 1.54) is 16.7 Å². The van der Waals surface area contributed by atoms with Crippen LogP contribution in [0.25, 0.3) is 0 Å². The van der Waals surface area contributed by atoms with E-state index in [9.17, 15) is 0 Å². The summed E-state index contributed by atoms with van der Waals surface area (Å²) in [6, 6.07) is 6.90. The molecule has 3 rings (SSSR count). The first-order valence-electron chi connectivity index (χ1n) is 5.28. The molecule has 15 heavy (non-hydrogen) atoms. The molecule has 1 aliphatic heterocycles. The van der Waals surface area contributed by atoms with Gasteiger partial charge in [-0.3, -0.25) is 0 Å². The third-order valence-corrected chi connectivity index (χ3v) is 3.36. The fourth-order valence-electron chi connectivity index (χ4n) is 2.55. The second-order valence-corrected chi connectivity index (χ2v) is 4.43. The standard InChI is InChI=1S/C12H14N2O/c1-8-2-3-9-4-5-12(10(9)6-8)7-15-11(13)14-12/h2-3,6H,4-5,7H2,1H3,(H2,13,14). The van der Waals surface area contributed by atoms with Crippen LogP contribution in [0.2, 0.25) is 0 Å². The molecule has 1 aliphatic carbocycles. The summed E-state index contributed by atoms with van der Waals surface area (Å²) in [5, 5.41) is 0. The average Bonchev–Trinajstić information content (AvgIpc) is 2.74. The van der Waals surface area contributed by atoms with Gasteiger partial charge in [0.25, 0.3) is 6.02 Å². The van der Waals surface area contributed by atoms with Crippen molar-refractivity contribution in [3.05, 3.63) is 34.9 Å². The molecule has 1 aromatic rings. The molecule has 2 aliphatic rings. The quantitative estimate of drug-likeness (QED) is 0.692. The van der Waals surface area contributed by atoms with E-state index in [0.717, 1.165) is 12.8 Å². The minimum absolute atomic E-state index is 0.175. The van der Waals surface area contributed by atoms with Crippen molar-refractivity contribution in [2.45, 2.75) is 25.3 Å². The Morgan fingerprint density at radius 1 is 1.47 bits per heavy atom.